The van der Waals surface area contributed by atoms with E-state index in [9.17, 15) is 0 Å². The fraction of sp³-hybridized carbons (Fsp3) is 1.00. The van der Waals surface area contributed by atoms with E-state index < -0.39 is 0 Å². The van der Waals surface area contributed by atoms with Crippen molar-refractivity contribution in [3.8, 4) is 0 Å². The minimum absolute atomic E-state index is 0.649. The molecule has 22 heavy (non-hydrogen) atoms. The van der Waals surface area contributed by atoms with Gasteiger partial charge in [0.15, 0.2) is 0 Å². The third-order valence-corrected chi connectivity index (χ3v) is 6.98. The van der Waals surface area contributed by atoms with Crippen LogP contribution >= 0.6 is 0 Å². The van der Waals surface area contributed by atoms with Crippen molar-refractivity contribution in [1.29, 1.82) is 0 Å². The molecule has 0 amide bonds. The van der Waals surface area contributed by atoms with E-state index in [1.54, 1.807) is 0 Å². The SMILES string of the molecule is C1CCC(C(NC2CN3CCN2CC3)C2CCCCC2)CC1. The summed E-state index contributed by atoms with van der Waals surface area (Å²) in [6.45, 7) is 6.46. The van der Waals surface area contributed by atoms with Crippen molar-refractivity contribution in [2.45, 2.75) is 76.4 Å². The first-order valence-corrected chi connectivity index (χ1v) is 10.1. The first-order chi connectivity index (χ1) is 10.9. The molecule has 0 aromatic heterocycles. The highest BCUT2D eigenvalue weighted by Crippen LogP contribution is 2.36. The van der Waals surface area contributed by atoms with E-state index in [1.807, 2.05) is 0 Å². The van der Waals surface area contributed by atoms with Gasteiger partial charge in [0, 0.05) is 38.8 Å². The van der Waals surface area contributed by atoms with Crippen molar-refractivity contribution in [2.75, 3.05) is 32.7 Å². The standard InChI is InChI=1S/C19H35N3/c1-3-7-16(8-4-1)19(17-9-5-2-6-10-17)20-18-15-21-11-13-22(18)14-12-21/h16-20H,1-15H2. The van der Waals surface area contributed by atoms with Gasteiger partial charge in [-0.05, 0) is 37.5 Å². The molecule has 2 aliphatic carbocycles. The highest BCUT2D eigenvalue weighted by atomic mass is 15.4. The first kappa shape index (κ1) is 15.4. The Kier molecular flexibility index (Phi) is 5.04. The first-order valence-electron chi connectivity index (χ1n) is 10.1. The van der Waals surface area contributed by atoms with Gasteiger partial charge in [0.2, 0.25) is 0 Å². The highest BCUT2D eigenvalue weighted by molar-refractivity contribution is 4.93. The van der Waals surface area contributed by atoms with Gasteiger partial charge in [0.05, 0.1) is 6.17 Å². The van der Waals surface area contributed by atoms with Gasteiger partial charge in [-0.2, -0.15) is 0 Å². The summed E-state index contributed by atoms with van der Waals surface area (Å²) in [5.41, 5.74) is 0. The topological polar surface area (TPSA) is 18.5 Å². The molecule has 3 nitrogen and oxygen atoms in total. The van der Waals surface area contributed by atoms with Crippen LogP contribution in [-0.2, 0) is 0 Å². The zero-order valence-corrected chi connectivity index (χ0v) is 14.3. The Hall–Kier alpha value is -0.120. The maximum Gasteiger partial charge on any atom is 0.0731 e. The Bertz CT molecular complexity index is 321. The molecule has 3 heteroatoms. The van der Waals surface area contributed by atoms with Crippen LogP contribution < -0.4 is 5.32 Å². The van der Waals surface area contributed by atoms with E-state index in [1.165, 1.54) is 96.9 Å². The molecule has 3 aliphatic heterocycles. The predicted octanol–water partition coefficient (Wildman–Crippen LogP) is 3.06. The molecule has 1 unspecified atom stereocenters. The Morgan fingerprint density at radius 2 is 1.23 bits per heavy atom. The second-order valence-corrected chi connectivity index (χ2v) is 8.34. The average molecular weight is 306 g/mol. The van der Waals surface area contributed by atoms with Gasteiger partial charge in [-0.15, -0.1) is 0 Å². The average Bonchev–Trinajstić information content (AvgIpc) is 2.62. The zero-order chi connectivity index (χ0) is 14.8. The van der Waals surface area contributed by atoms with Crippen LogP contribution in [0.25, 0.3) is 0 Å². The Labute approximate surface area is 136 Å². The summed E-state index contributed by atoms with van der Waals surface area (Å²) in [6.07, 6.45) is 15.5. The summed E-state index contributed by atoms with van der Waals surface area (Å²) < 4.78 is 0. The Balaban J connectivity index is 1.44. The fourth-order valence-corrected chi connectivity index (χ4v) is 5.64. The molecular formula is C19H35N3. The molecule has 5 fully saturated rings. The number of rotatable bonds is 4. The Morgan fingerprint density at radius 1 is 0.682 bits per heavy atom. The predicted molar refractivity (Wildman–Crippen MR) is 91.9 cm³/mol. The molecule has 0 radical (unpaired) electrons. The minimum Gasteiger partial charge on any atom is -0.298 e. The lowest BCUT2D eigenvalue weighted by molar-refractivity contribution is -0.0183. The molecule has 5 rings (SSSR count). The second kappa shape index (κ2) is 7.19. The normalized spacial score (nSPS) is 37.8. The van der Waals surface area contributed by atoms with E-state index in [4.69, 9.17) is 0 Å². The molecule has 3 heterocycles. The van der Waals surface area contributed by atoms with Gasteiger partial charge in [0.25, 0.3) is 0 Å². The molecular weight excluding hydrogens is 270 g/mol. The lowest BCUT2D eigenvalue weighted by Gasteiger charge is -2.50. The number of hydrogen-bond acceptors (Lipinski definition) is 3. The van der Waals surface area contributed by atoms with Crippen LogP contribution in [0, 0.1) is 11.8 Å². The smallest absolute Gasteiger partial charge is 0.0731 e. The van der Waals surface area contributed by atoms with E-state index in [0.29, 0.717) is 6.17 Å². The van der Waals surface area contributed by atoms with E-state index in [0.717, 1.165) is 17.9 Å². The maximum atomic E-state index is 4.21. The fourth-order valence-electron chi connectivity index (χ4n) is 5.64. The van der Waals surface area contributed by atoms with Gasteiger partial charge >= 0.3 is 0 Å². The number of nitrogens with one attached hydrogen (secondary N) is 1. The lowest BCUT2D eigenvalue weighted by Crippen LogP contribution is -2.67. The van der Waals surface area contributed by atoms with Crippen molar-refractivity contribution in [1.82, 2.24) is 15.1 Å². The molecule has 126 valence electrons. The number of nitrogens with zero attached hydrogens (tertiary/aromatic N) is 2. The van der Waals surface area contributed by atoms with Gasteiger partial charge in [-0.3, -0.25) is 15.1 Å². The summed E-state index contributed by atoms with van der Waals surface area (Å²) >= 11 is 0. The molecule has 2 bridgehead atoms. The van der Waals surface area contributed by atoms with Crippen molar-refractivity contribution in [3.63, 3.8) is 0 Å². The molecule has 5 aliphatic rings. The highest BCUT2D eigenvalue weighted by Gasteiger charge is 2.37. The van der Waals surface area contributed by atoms with Crippen molar-refractivity contribution in [2.24, 2.45) is 11.8 Å². The third kappa shape index (κ3) is 3.37. The Morgan fingerprint density at radius 3 is 1.68 bits per heavy atom. The summed E-state index contributed by atoms with van der Waals surface area (Å²) in [6, 6.07) is 0.811. The molecule has 1 N–H and O–H groups in total. The van der Waals surface area contributed by atoms with Crippen LogP contribution in [0.5, 0.6) is 0 Å². The van der Waals surface area contributed by atoms with E-state index in [2.05, 4.69) is 15.1 Å². The lowest BCUT2D eigenvalue weighted by atomic mass is 9.73. The summed E-state index contributed by atoms with van der Waals surface area (Å²) in [4.78, 5) is 5.41. The van der Waals surface area contributed by atoms with Crippen molar-refractivity contribution in [3.05, 3.63) is 0 Å². The van der Waals surface area contributed by atoms with E-state index in [-0.39, 0.29) is 0 Å². The van der Waals surface area contributed by atoms with Crippen LogP contribution in [0.1, 0.15) is 64.2 Å². The number of piperazine rings is 3. The number of fused-ring (bicyclic) bond motifs is 3. The van der Waals surface area contributed by atoms with Gasteiger partial charge < -0.3 is 0 Å². The largest absolute Gasteiger partial charge is 0.298 e. The van der Waals surface area contributed by atoms with Gasteiger partial charge in [-0.25, -0.2) is 0 Å². The van der Waals surface area contributed by atoms with Crippen molar-refractivity contribution < 1.29 is 0 Å². The molecule has 2 saturated carbocycles. The van der Waals surface area contributed by atoms with Crippen LogP contribution in [-0.4, -0.2) is 54.7 Å². The molecule has 0 aromatic carbocycles. The quantitative estimate of drug-likeness (QED) is 0.861. The summed E-state index contributed by atoms with van der Waals surface area (Å²) in [5.74, 6) is 1.93. The molecule has 3 saturated heterocycles. The van der Waals surface area contributed by atoms with Crippen LogP contribution in [0.4, 0.5) is 0 Å². The van der Waals surface area contributed by atoms with Gasteiger partial charge in [0.1, 0.15) is 0 Å². The summed E-state index contributed by atoms with van der Waals surface area (Å²) in [5, 5.41) is 4.21. The minimum atomic E-state index is 0.649. The second-order valence-electron chi connectivity index (χ2n) is 8.34. The van der Waals surface area contributed by atoms with Crippen LogP contribution in [0.2, 0.25) is 0 Å². The van der Waals surface area contributed by atoms with E-state index >= 15 is 0 Å². The number of hydrogen-bond donors (Lipinski definition) is 1. The molecule has 0 aromatic rings. The molecule has 0 spiro atoms. The van der Waals surface area contributed by atoms with Crippen LogP contribution in [0.3, 0.4) is 0 Å². The molecule has 1 atom stereocenters. The van der Waals surface area contributed by atoms with Gasteiger partial charge in [-0.1, -0.05) is 38.5 Å². The van der Waals surface area contributed by atoms with Crippen LogP contribution in [0.15, 0.2) is 0 Å². The maximum absolute atomic E-state index is 4.21. The summed E-state index contributed by atoms with van der Waals surface area (Å²) in [7, 11) is 0. The van der Waals surface area contributed by atoms with Crippen molar-refractivity contribution >= 4 is 0 Å². The zero-order valence-electron chi connectivity index (χ0n) is 14.3. The monoisotopic (exact) mass is 305 g/mol. The third-order valence-electron chi connectivity index (χ3n) is 6.98.